The minimum Gasteiger partial charge on any atom is -0.369 e. The van der Waals surface area contributed by atoms with Gasteiger partial charge in [0.1, 0.15) is 29.0 Å². The predicted molar refractivity (Wildman–Crippen MR) is 117 cm³/mol. The van der Waals surface area contributed by atoms with Crippen molar-refractivity contribution in [2.24, 2.45) is 10.7 Å². The molecule has 0 radical (unpaired) electrons. The summed E-state index contributed by atoms with van der Waals surface area (Å²) in [5.74, 6) is 1.84. The molecule has 1 aromatic heterocycles. The topological polar surface area (TPSA) is 101 Å². The van der Waals surface area contributed by atoms with Gasteiger partial charge in [-0.1, -0.05) is 0 Å². The number of pyridine rings is 1. The van der Waals surface area contributed by atoms with Gasteiger partial charge in [-0.2, -0.15) is 0 Å². The Bertz CT molecular complexity index is 1200. The van der Waals surface area contributed by atoms with Gasteiger partial charge in [0.2, 0.25) is 5.96 Å². The number of hydrogen-bond donors (Lipinski definition) is 2. The van der Waals surface area contributed by atoms with Gasteiger partial charge in [0.25, 0.3) is 5.91 Å². The minimum atomic E-state index is -3.11. The third kappa shape index (κ3) is 3.60. The number of fused-ring (bicyclic) bond motifs is 1. The van der Waals surface area contributed by atoms with Crippen molar-refractivity contribution in [2.75, 3.05) is 12.4 Å². The van der Waals surface area contributed by atoms with Gasteiger partial charge in [-0.3, -0.25) is 9.10 Å². The van der Waals surface area contributed by atoms with Crippen LogP contribution in [0.3, 0.4) is 0 Å². The molecule has 11 heteroatoms. The van der Waals surface area contributed by atoms with Crippen molar-refractivity contribution in [3.8, 4) is 0 Å². The lowest BCUT2D eigenvalue weighted by Gasteiger charge is -2.49. The van der Waals surface area contributed by atoms with Crippen molar-refractivity contribution in [3.05, 3.63) is 59.4 Å². The Morgan fingerprint density at radius 3 is 2.78 bits per heavy atom. The van der Waals surface area contributed by atoms with Crippen molar-refractivity contribution in [3.63, 3.8) is 0 Å². The molecule has 1 saturated carbocycles. The van der Waals surface area contributed by atoms with Crippen LogP contribution in [-0.4, -0.2) is 49.7 Å². The molecule has 1 aliphatic carbocycles. The van der Waals surface area contributed by atoms with E-state index >= 15 is 4.39 Å². The highest BCUT2D eigenvalue weighted by molar-refractivity contribution is 7.99. The molecule has 3 N–H and O–H groups in total. The van der Waals surface area contributed by atoms with E-state index in [1.807, 2.05) is 0 Å². The zero-order valence-corrected chi connectivity index (χ0v) is 18.0. The highest BCUT2D eigenvalue weighted by Gasteiger charge is 2.54. The molecule has 0 saturated heterocycles. The van der Waals surface area contributed by atoms with Crippen molar-refractivity contribution >= 4 is 33.1 Å². The number of halogens is 3. The number of nitrogens with zero attached hydrogens (tertiary/aromatic N) is 3. The number of guanidine groups is 1. The maximum absolute atomic E-state index is 15.1. The zero-order chi connectivity index (χ0) is 23.3. The zero-order valence-electron chi connectivity index (χ0n) is 17.2. The van der Waals surface area contributed by atoms with Gasteiger partial charge in [-0.25, -0.2) is 27.4 Å². The molecular formula is C21H22F3N5O2S. The van der Waals surface area contributed by atoms with E-state index in [2.05, 4.69) is 21.2 Å². The number of aromatic nitrogens is 1. The normalized spacial score (nSPS) is 29.8. The third-order valence-electron chi connectivity index (χ3n) is 6.04. The number of nitrogens with one attached hydrogen (secondary N) is 1. The maximum Gasteiger partial charge on any atom is 0.274 e. The summed E-state index contributed by atoms with van der Waals surface area (Å²) in [6, 6.07) is 6.17. The fourth-order valence-corrected chi connectivity index (χ4v) is 6.45. The molecule has 7 nitrogen and oxygen atoms in total. The van der Waals surface area contributed by atoms with E-state index in [4.69, 9.17) is 5.73 Å². The SMILES string of the molecule is C=S1(=O)C2CC(F)CCC2(c2cc(NC(=O)c3ccc(F)cn3)ccc2F)N=C(N)N1C. The van der Waals surface area contributed by atoms with Gasteiger partial charge in [-0.05, 0) is 55.5 Å². The fraction of sp³-hybridized carbons (Fsp3) is 0.333. The number of hydrogen-bond acceptors (Lipinski definition) is 5. The standard InChI is InChI=1S/C21H22F3N5O2S/c1-29-20(25)28-21(8-7-12(22)9-18(21)32(29,2)31)15-10-14(4-5-16(15)24)27-19(30)17-6-3-13(23)11-26-17/h3-6,10-12,18H,2,7-9H2,1H3,(H2,25,28)(H,27,30). The van der Waals surface area contributed by atoms with E-state index in [0.29, 0.717) is 0 Å². The van der Waals surface area contributed by atoms with E-state index in [-0.39, 0.29) is 42.2 Å². The molecule has 1 aliphatic heterocycles. The number of rotatable bonds is 3. The van der Waals surface area contributed by atoms with Crippen LogP contribution in [0.5, 0.6) is 0 Å². The van der Waals surface area contributed by atoms with Gasteiger partial charge in [-0.15, -0.1) is 0 Å². The molecule has 2 aliphatic rings. The lowest BCUT2D eigenvalue weighted by molar-refractivity contribution is 0.102. The van der Waals surface area contributed by atoms with Crippen LogP contribution in [0.2, 0.25) is 0 Å². The fourth-order valence-electron chi connectivity index (χ4n) is 4.30. The smallest absolute Gasteiger partial charge is 0.274 e. The third-order valence-corrected chi connectivity index (χ3v) is 8.62. The van der Waals surface area contributed by atoms with Crippen LogP contribution in [0.25, 0.3) is 0 Å². The summed E-state index contributed by atoms with van der Waals surface area (Å²) in [6.45, 7) is 0. The number of alkyl halides is 1. The number of amides is 1. The van der Waals surface area contributed by atoms with Crippen molar-refractivity contribution < 1.29 is 22.2 Å². The molecule has 0 spiro atoms. The summed E-state index contributed by atoms with van der Waals surface area (Å²) >= 11 is 0. The lowest BCUT2D eigenvalue weighted by Crippen LogP contribution is -2.59. The van der Waals surface area contributed by atoms with Gasteiger partial charge in [0.15, 0.2) is 0 Å². The molecule has 170 valence electrons. The van der Waals surface area contributed by atoms with Crippen molar-refractivity contribution in [1.82, 2.24) is 9.29 Å². The average molecular weight is 466 g/mol. The average Bonchev–Trinajstić information content (AvgIpc) is 2.75. The highest BCUT2D eigenvalue weighted by Crippen LogP contribution is 2.49. The molecule has 1 aromatic carbocycles. The predicted octanol–water partition coefficient (Wildman–Crippen LogP) is 2.59. The molecule has 2 heterocycles. The molecular weight excluding hydrogens is 443 g/mol. The summed E-state index contributed by atoms with van der Waals surface area (Å²) in [5.41, 5.74) is 4.85. The van der Waals surface area contributed by atoms with Gasteiger partial charge in [0, 0.05) is 18.3 Å². The number of anilines is 1. The van der Waals surface area contributed by atoms with Crippen LogP contribution in [0.4, 0.5) is 18.9 Å². The summed E-state index contributed by atoms with van der Waals surface area (Å²) < 4.78 is 57.2. The molecule has 1 amide bonds. The second kappa shape index (κ2) is 7.80. The van der Waals surface area contributed by atoms with E-state index in [9.17, 15) is 17.8 Å². The number of nitrogens with two attached hydrogens (primary N) is 1. The first-order valence-corrected chi connectivity index (χ1v) is 11.6. The number of benzene rings is 1. The monoisotopic (exact) mass is 465 g/mol. The van der Waals surface area contributed by atoms with Gasteiger partial charge in [0.05, 0.1) is 21.2 Å². The van der Waals surface area contributed by atoms with Crippen LogP contribution < -0.4 is 11.1 Å². The number of carbonyl (C=O) groups excluding carboxylic acids is 1. The Balaban J connectivity index is 1.78. The van der Waals surface area contributed by atoms with E-state index < -0.39 is 44.2 Å². The first-order chi connectivity index (χ1) is 15.0. The lowest BCUT2D eigenvalue weighted by atomic mass is 9.75. The Hall–Kier alpha value is -3.08. The largest absolute Gasteiger partial charge is 0.369 e. The quantitative estimate of drug-likeness (QED) is 0.681. The van der Waals surface area contributed by atoms with Crippen LogP contribution in [0.15, 0.2) is 41.5 Å². The first kappa shape index (κ1) is 22.1. The van der Waals surface area contributed by atoms with E-state index in [1.165, 1.54) is 29.6 Å². The highest BCUT2D eigenvalue weighted by atomic mass is 32.2. The Labute approximate surface area is 183 Å². The maximum atomic E-state index is 15.1. The van der Waals surface area contributed by atoms with Crippen LogP contribution in [-0.2, 0) is 15.2 Å². The first-order valence-electron chi connectivity index (χ1n) is 9.87. The Kier molecular flexibility index (Phi) is 5.40. The molecule has 2 aromatic rings. The Morgan fingerprint density at radius 1 is 1.34 bits per heavy atom. The van der Waals surface area contributed by atoms with Gasteiger partial charge >= 0.3 is 0 Å². The van der Waals surface area contributed by atoms with E-state index in [1.54, 1.807) is 0 Å². The number of carbonyl (C=O) groups is 1. The summed E-state index contributed by atoms with van der Waals surface area (Å²) in [7, 11) is -1.65. The van der Waals surface area contributed by atoms with Crippen molar-refractivity contribution in [2.45, 2.75) is 36.2 Å². The van der Waals surface area contributed by atoms with Crippen LogP contribution in [0, 0.1) is 11.6 Å². The van der Waals surface area contributed by atoms with Gasteiger partial charge < -0.3 is 11.1 Å². The molecule has 4 unspecified atom stereocenters. The second-order valence-corrected chi connectivity index (χ2v) is 10.4. The summed E-state index contributed by atoms with van der Waals surface area (Å²) in [5, 5.41) is 1.66. The molecule has 32 heavy (non-hydrogen) atoms. The minimum absolute atomic E-state index is 0.0337. The summed E-state index contributed by atoms with van der Waals surface area (Å²) in [4.78, 5) is 20.7. The number of aliphatic imine (C=N–C) groups is 1. The molecule has 1 fully saturated rings. The second-order valence-electron chi connectivity index (χ2n) is 7.95. The van der Waals surface area contributed by atoms with E-state index in [0.717, 1.165) is 18.3 Å². The van der Waals surface area contributed by atoms with Crippen molar-refractivity contribution in [1.29, 1.82) is 0 Å². The molecule has 4 atom stereocenters. The molecule has 4 rings (SSSR count). The molecule has 0 bridgehead atoms. The van der Waals surface area contributed by atoms with Crippen LogP contribution >= 0.6 is 0 Å². The van der Waals surface area contributed by atoms with Crippen LogP contribution in [0.1, 0.15) is 35.3 Å². The Morgan fingerprint density at radius 2 is 2.09 bits per heavy atom. The summed E-state index contributed by atoms with van der Waals surface area (Å²) in [6.07, 6.45) is -0.270.